The zero-order valence-corrected chi connectivity index (χ0v) is 22.8. The predicted octanol–water partition coefficient (Wildman–Crippen LogP) is 4.67. The van der Waals surface area contributed by atoms with E-state index in [1.54, 1.807) is 24.3 Å². The van der Waals surface area contributed by atoms with Crippen molar-refractivity contribution in [3.63, 3.8) is 0 Å². The molecular formula is C27H36ClN3O4S. The van der Waals surface area contributed by atoms with Gasteiger partial charge in [-0.05, 0) is 61.6 Å². The van der Waals surface area contributed by atoms with Crippen molar-refractivity contribution in [3.05, 3.63) is 64.7 Å². The standard InChI is InChI=1S/C27H36ClN3O4S/c1-4-25(27(33)29-23-12-6-5-7-13-23)30(18-21-11-9-8-10-20(21)2)26(32)19-31(36(3,34)35)24-16-14-22(28)15-17-24/h8-11,14-17,23,25H,4-7,12-13,18-19H2,1-3H3,(H,29,33)/t25-/m1/s1. The normalized spacial score (nSPS) is 15.2. The van der Waals surface area contributed by atoms with Gasteiger partial charge in [-0.1, -0.05) is 62.1 Å². The summed E-state index contributed by atoms with van der Waals surface area (Å²) in [5.74, 6) is -0.631. The highest BCUT2D eigenvalue weighted by atomic mass is 35.5. The van der Waals surface area contributed by atoms with Crippen LogP contribution < -0.4 is 9.62 Å². The van der Waals surface area contributed by atoms with Crippen molar-refractivity contribution in [3.8, 4) is 0 Å². The molecule has 1 aliphatic rings. The summed E-state index contributed by atoms with van der Waals surface area (Å²) in [4.78, 5) is 28.7. The van der Waals surface area contributed by atoms with Crippen LogP contribution in [0.5, 0.6) is 0 Å². The summed E-state index contributed by atoms with van der Waals surface area (Å²) in [6, 6.07) is 13.4. The van der Waals surface area contributed by atoms with Crippen molar-refractivity contribution in [2.24, 2.45) is 0 Å². The lowest BCUT2D eigenvalue weighted by Crippen LogP contribution is -2.54. The highest BCUT2D eigenvalue weighted by molar-refractivity contribution is 7.92. The monoisotopic (exact) mass is 533 g/mol. The minimum atomic E-state index is -3.77. The molecule has 3 rings (SSSR count). The fourth-order valence-electron chi connectivity index (χ4n) is 4.66. The Balaban J connectivity index is 1.91. The smallest absolute Gasteiger partial charge is 0.244 e. The Labute approximate surface area is 219 Å². The molecule has 2 aromatic carbocycles. The lowest BCUT2D eigenvalue weighted by atomic mass is 9.95. The summed E-state index contributed by atoms with van der Waals surface area (Å²) in [6.45, 7) is 3.62. The van der Waals surface area contributed by atoms with E-state index in [9.17, 15) is 18.0 Å². The molecule has 36 heavy (non-hydrogen) atoms. The van der Waals surface area contributed by atoms with Gasteiger partial charge in [0.05, 0.1) is 11.9 Å². The first kappa shape index (κ1) is 28.0. The maximum absolute atomic E-state index is 13.8. The number of sulfonamides is 1. The van der Waals surface area contributed by atoms with E-state index in [1.165, 1.54) is 11.3 Å². The second-order valence-corrected chi connectivity index (χ2v) is 11.8. The van der Waals surface area contributed by atoms with Gasteiger partial charge in [0, 0.05) is 17.6 Å². The number of hydrogen-bond donors (Lipinski definition) is 1. The molecule has 0 bridgehead atoms. The Morgan fingerprint density at radius 3 is 2.28 bits per heavy atom. The molecular weight excluding hydrogens is 498 g/mol. The summed E-state index contributed by atoms with van der Waals surface area (Å²) in [5, 5.41) is 3.61. The third-order valence-electron chi connectivity index (χ3n) is 6.73. The van der Waals surface area contributed by atoms with E-state index < -0.39 is 28.5 Å². The molecule has 7 nitrogen and oxygen atoms in total. The van der Waals surface area contributed by atoms with Gasteiger partial charge in [-0.15, -0.1) is 0 Å². The van der Waals surface area contributed by atoms with Crippen molar-refractivity contribution in [1.82, 2.24) is 10.2 Å². The Morgan fingerprint density at radius 1 is 1.06 bits per heavy atom. The number of rotatable bonds is 10. The first-order valence-electron chi connectivity index (χ1n) is 12.5. The van der Waals surface area contributed by atoms with Crippen LogP contribution in [0, 0.1) is 6.92 Å². The molecule has 1 fully saturated rings. The van der Waals surface area contributed by atoms with Crippen LogP contribution >= 0.6 is 11.6 Å². The maximum Gasteiger partial charge on any atom is 0.244 e. The summed E-state index contributed by atoms with van der Waals surface area (Å²) in [6.07, 6.45) is 6.69. The number of aryl methyl sites for hydroxylation is 1. The Bertz CT molecular complexity index is 1150. The summed E-state index contributed by atoms with van der Waals surface area (Å²) in [5.41, 5.74) is 2.24. The molecule has 0 unspecified atom stereocenters. The van der Waals surface area contributed by atoms with Crippen LogP contribution in [0.2, 0.25) is 5.02 Å². The Kier molecular flexibility index (Phi) is 9.79. The lowest BCUT2D eigenvalue weighted by Gasteiger charge is -2.34. The third kappa shape index (κ3) is 7.46. The number of hydrogen-bond acceptors (Lipinski definition) is 4. The molecule has 0 aliphatic heterocycles. The minimum absolute atomic E-state index is 0.109. The first-order valence-corrected chi connectivity index (χ1v) is 14.7. The number of nitrogens with one attached hydrogen (secondary N) is 1. The molecule has 0 saturated heterocycles. The quantitative estimate of drug-likeness (QED) is 0.481. The maximum atomic E-state index is 13.8. The number of anilines is 1. The van der Waals surface area contributed by atoms with Gasteiger partial charge in [0.2, 0.25) is 21.8 Å². The molecule has 1 saturated carbocycles. The zero-order chi connectivity index (χ0) is 26.3. The third-order valence-corrected chi connectivity index (χ3v) is 8.13. The molecule has 9 heteroatoms. The van der Waals surface area contributed by atoms with Gasteiger partial charge in [-0.2, -0.15) is 0 Å². The van der Waals surface area contributed by atoms with Crippen LogP contribution in [0.15, 0.2) is 48.5 Å². The van der Waals surface area contributed by atoms with Crippen molar-refractivity contribution in [2.45, 2.75) is 71.0 Å². The largest absolute Gasteiger partial charge is 0.352 e. The van der Waals surface area contributed by atoms with Gasteiger partial charge in [0.15, 0.2) is 0 Å². The molecule has 1 aliphatic carbocycles. The van der Waals surface area contributed by atoms with Crippen molar-refractivity contribution in [1.29, 1.82) is 0 Å². The number of benzene rings is 2. The number of nitrogens with zero attached hydrogens (tertiary/aromatic N) is 2. The summed E-state index contributed by atoms with van der Waals surface area (Å²) < 4.78 is 26.4. The van der Waals surface area contributed by atoms with Crippen LogP contribution in [0.25, 0.3) is 0 Å². The molecule has 0 radical (unpaired) electrons. The van der Waals surface area contributed by atoms with E-state index in [0.717, 1.165) is 47.4 Å². The van der Waals surface area contributed by atoms with E-state index in [-0.39, 0.29) is 18.5 Å². The van der Waals surface area contributed by atoms with E-state index in [1.807, 2.05) is 38.1 Å². The highest BCUT2D eigenvalue weighted by Crippen LogP contribution is 2.23. The fourth-order valence-corrected chi connectivity index (χ4v) is 5.63. The van der Waals surface area contributed by atoms with Gasteiger partial charge in [0.1, 0.15) is 12.6 Å². The van der Waals surface area contributed by atoms with Crippen molar-refractivity contribution < 1.29 is 18.0 Å². The molecule has 1 atom stereocenters. The fraction of sp³-hybridized carbons (Fsp3) is 0.481. The molecule has 0 spiro atoms. The van der Waals surface area contributed by atoms with Crippen molar-refractivity contribution >= 4 is 39.1 Å². The van der Waals surface area contributed by atoms with Gasteiger partial charge in [-0.25, -0.2) is 8.42 Å². The zero-order valence-electron chi connectivity index (χ0n) is 21.2. The molecule has 1 N–H and O–H groups in total. The highest BCUT2D eigenvalue weighted by Gasteiger charge is 2.33. The average molecular weight is 534 g/mol. The average Bonchev–Trinajstić information content (AvgIpc) is 2.84. The number of carbonyl (C=O) groups excluding carboxylic acids is 2. The molecule has 2 amide bonds. The topological polar surface area (TPSA) is 86.8 Å². The second-order valence-electron chi connectivity index (χ2n) is 9.46. The predicted molar refractivity (Wildman–Crippen MR) is 144 cm³/mol. The number of carbonyl (C=O) groups is 2. The van der Waals surface area contributed by atoms with Crippen LogP contribution in [-0.4, -0.2) is 50.0 Å². The van der Waals surface area contributed by atoms with Crippen molar-refractivity contribution in [2.75, 3.05) is 17.1 Å². The van der Waals surface area contributed by atoms with Crippen LogP contribution in [0.4, 0.5) is 5.69 Å². The molecule has 196 valence electrons. The number of halogens is 1. The first-order chi connectivity index (χ1) is 17.1. The summed E-state index contributed by atoms with van der Waals surface area (Å²) in [7, 11) is -3.77. The summed E-state index contributed by atoms with van der Waals surface area (Å²) >= 11 is 5.98. The lowest BCUT2D eigenvalue weighted by molar-refractivity contribution is -0.140. The second kappa shape index (κ2) is 12.6. The SMILES string of the molecule is CC[C@H](C(=O)NC1CCCCC1)N(Cc1ccccc1C)C(=O)CN(c1ccc(Cl)cc1)S(C)(=O)=O. The van der Waals surface area contributed by atoms with E-state index in [4.69, 9.17) is 11.6 Å². The molecule has 0 aromatic heterocycles. The van der Waals surface area contributed by atoms with Gasteiger partial charge >= 0.3 is 0 Å². The van der Waals surface area contributed by atoms with E-state index >= 15 is 0 Å². The number of amides is 2. The van der Waals surface area contributed by atoms with E-state index in [2.05, 4.69) is 5.32 Å². The molecule has 2 aromatic rings. The van der Waals surface area contributed by atoms with Crippen LogP contribution in [-0.2, 0) is 26.2 Å². The Hall–Kier alpha value is -2.58. The van der Waals surface area contributed by atoms with Gasteiger partial charge < -0.3 is 10.2 Å². The van der Waals surface area contributed by atoms with Crippen LogP contribution in [0.3, 0.4) is 0 Å². The molecule has 0 heterocycles. The van der Waals surface area contributed by atoms with Crippen LogP contribution in [0.1, 0.15) is 56.6 Å². The Morgan fingerprint density at radius 2 is 1.69 bits per heavy atom. The van der Waals surface area contributed by atoms with E-state index in [0.29, 0.717) is 17.1 Å². The van der Waals surface area contributed by atoms with Gasteiger partial charge in [-0.3, -0.25) is 13.9 Å². The van der Waals surface area contributed by atoms with Gasteiger partial charge in [0.25, 0.3) is 0 Å². The minimum Gasteiger partial charge on any atom is -0.352 e.